The Morgan fingerprint density at radius 1 is 1.20 bits per heavy atom. The summed E-state index contributed by atoms with van der Waals surface area (Å²) in [5.74, 6) is 1.05. The highest BCUT2D eigenvalue weighted by molar-refractivity contribution is 5.62. The first-order valence-electron chi connectivity index (χ1n) is 6.50. The van der Waals surface area contributed by atoms with Gasteiger partial charge in [0.2, 0.25) is 11.9 Å². The van der Waals surface area contributed by atoms with E-state index in [9.17, 15) is 0 Å². The van der Waals surface area contributed by atoms with Crippen molar-refractivity contribution >= 4 is 17.6 Å². The number of nitrogens with one attached hydrogen (secondary N) is 1. The molecule has 0 amide bonds. The molecule has 0 saturated carbocycles. The van der Waals surface area contributed by atoms with Crippen molar-refractivity contribution in [3.8, 4) is 6.01 Å². The van der Waals surface area contributed by atoms with Crippen LogP contribution in [0.2, 0.25) is 0 Å². The minimum Gasteiger partial charge on any atom is -0.467 e. The van der Waals surface area contributed by atoms with Crippen LogP contribution in [0.5, 0.6) is 6.01 Å². The van der Waals surface area contributed by atoms with Gasteiger partial charge in [-0.15, -0.1) is 0 Å². The summed E-state index contributed by atoms with van der Waals surface area (Å²) < 4.78 is 5.13. The zero-order valence-electron chi connectivity index (χ0n) is 12.2. The molecule has 2 aromatic rings. The predicted molar refractivity (Wildman–Crippen MR) is 79.8 cm³/mol. The quantitative estimate of drug-likeness (QED) is 0.902. The Morgan fingerprint density at radius 3 is 2.55 bits per heavy atom. The molecule has 0 bridgehead atoms. The highest BCUT2D eigenvalue weighted by Crippen LogP contribution is 2.26. The number of ether oxygens (including phenoxy) is 1. The van der Waals surface area contributed by atoms with Gasteiger partial charge in [-0.3, -0.25) is 0 Å². The number of methoxy groups -OCH3 is 1. The van der Waals surface area contributed by atoms with E-state index in [1.807, 2.05) is 23.1 Å². The molecule has 106 valence electrons. The van der Waals surface area contributed by atoms with Crippen molar-refractivity contribution in [2.24, 2.45) is 0 Å². The molecule has 6 heteroatoms. The first-order chi connectivity index (χ1) is 9.69. The number of nitrogens with zero attached hydrogens (tertiary/aromatic N) is 4. The molecular weight excluding hydrogens is 254 g/mol. The summed E-state index contributed by atoms with van der Waals surface area (Å²) in [4.78, 5) is 14.9. The van der Waals surface area contributed by atoms with Crippen LogP contribution < -0.4 is 15.0 Å². The van der Waals surface area contributed by atoms with Crippen molar-refractivity contribution in [2.75, 3.05) is 30.9 Å². The van der Waals surface area contributed by atoms with Gasteiger partial charge in [0.25, 0.3) is 0 Å². The van der Waals surface area contributed by atoms with Crippen molar-refractivity contribution in [1.82, 2.24) is 15.0 Å². The number of aromatic nitrogens is 3. The molecule has 0 aliphatic rings. The van der Waals surface area contributed by atoms with E-state index >= 15 is 0 Å². The number of para-hydroxylation sites is 1. The Morgan fingerprint density at radius 2 is 1.95 bits per heavy atom. The summed E-state index contributed by atoms with van der Waals surface area (Å²) in [5.41, 5.74) is 2.24. The average Bonchev–Trinajstić information content (AvgIpc) is 2.49. The molecule has 0 aliphatic carbocycles. The second-order valence-corrected chi connectivity index (χ2v) is 4.23. The Labute approximate surface area is 118 Å². The van der Waals surface area contributed by atoms with Crippen LogP contribution in [0.15, 0.2) is 24.3 Å². The summed E-state index contributed by atoms with van der Waals surface area (Å²) in [6, 6.07) is 8.43. The van der Waals surface area contributed by atoms with Crippen LogP contribution in [0.25, 0.3) is 0 Å². The van der Waals surface area contributed by atoms with Crippen molar-refractivity contribution in [3.63, 3.8) is 0 Å². The van der Waals surface area contributed by atoms with Crippen LogP contribution in [0.4, 0.5) is 17.6 Å². The Bertz CT molecular complexity index is 565. The molecule has 0 aliphatic heterocycles. The van der Waals surface area contributed by atoms with Gasteiger partial charge in [-0.1, -0.05) is 18.2 Å². The van der Waals surface area contributed by atoms with Crippen LogP contribution in [0, 0.1) is 6.92 Å². The first kappa shape index (κ1) is 14.0. The fourth-order valence-corrected chi connectivity index (χ4v) is 1.96. The normalized spacial score (nSPS) is 10.2. The smallest absolute Gasteiger partial charge is 0.322 e. The monoisotopic (exact) mass is 273 g/mol. The van der Waals surface area contributed by atoms with E-state index in [1.54, 1.807) is 14.2 Å². The Balaban J connectivity index is 2.49. The van der Waals surface area contributed by atoms with E-state index in [0.717, 1.165) is 12.2 Å². The van der Waals surface area contributed by atoms with Gasteiger partial charge in [0.05, 0.1) is 7.11 Å². The third kappa shape index (κ3) is 2.79. The van der Waals surface area contributed by atoms with Crippen LogP contribution >= 0.6 is 0 Å². The molecule has 0 unspecified atom stereocenters. The van der Waals surface area contributed by atoms with E-state index < -0.39 is 0 Å². The molecule has 1 aromatic heterocycles. The molecule has 6 nitrogen and oxygen atoms in total. The zero-order valence-corrected chi connectivity index (χ0v) is 12.2. The van der Waals surface area contributed by atoms with E-state index in [0.29, 0.717) is 17.9 Å². The largest absolute Gasteiger partial charge is 0.467 e. The second kappa shape index (κ2) is 6.18. The number of hydrogen-bond acceptors (Lipinski definition) is 6. The van der Waals surface area contributed by atoms with Gasteiger partial charge < -0.3 is 15.0 Å². The summed E-state index contributed by atoms with van der Waals surface area (Å²) in [5, 5.41) is 2.92. The van der Waals surface area contributed by atoms with Crippen molar-refractivity contribution in [1.29, 1.82) is 0 Å². The van der Waals surface area contributed by atoms with Gasteiger partial charge in [-0.05, 0) is 25.5 Å². The number of anilines is 3. The number of hydrogen-bond donors (Lipinski definition) is 1. The molecule has 2 rings (SSSR count). The molecule has 1 aromatic carbocycles. The third-order valence-corrected chi connectivity index (χ3v) is 2.97. The van der Waals surface area contributed by atoms with Gasteiger partial charge in [0, 0.05) is 19.3 Å². The highest BCUT2D eigenvalue weighted by atomic mass is 16.5. The minimum atomic E-state index is 0.298. The number of rotatable bonds is 5. The van der Waals surface area contributed by atoms with Crippen molar-refractivity contribution in [3.05, 3.63) is 29.8 Å². The SMILES string of the molecule is CCN(c1nc(NC)nc(OC)n1)c1ccccc1C. The van der Waals surface area contributed by atoms with E-state index in [4.69, 9.17) is 4.74 Å². The van der Waals surface area contributed by atoms with Crippen molar-refractivity contribution in [2.45, 2.75) is 13.8 Å². The lowest BCUT2D eigenvalue weighted by Gasteiger charge is -2.23. The second-order valence-electron chi connectivity index (χ2n) is 4.23. The molecule has 0 radical (unpaired) electrons. The summed E-state index contributed by atoms with van der Waals surface area (Å²) in [7, 11) is 3.31. The molecule has 20 heavy (non-hydrogen) atoms. The van der Waals surface area contributed by atoms with Crippen LogP contribution in [0.1, 0.15) is 12.5 Å². The standard InChI is InChI=1S/C14H19N5O/c1-5-19(11-9-7-6-8-10(11)2)13-16-12(15-3)17-14(18-13)20-4/h6-9H,5H2,1-4H3,(H,15,16,17,18). The van der Waals surface area contributed by atoms with Gasteiger partial charge in [-0.2, -0.15) is 15.0 Å². The van der Waals surface area contributed by atoms with Crippen LogP contribution in [-0.4, -0.2) is 35.7 Å². The average molecular weight is 273 g/mol. The van der Waals surface area contributed by atoms with Crippen LogP contribution in [0.3, 0.4) is 0 Å². The molecule has 0 spiro atoms. The van der Waals surface area contributed by atoms with E-state index in [1.165, 1.54) is 5.56 Å². The summed E-state index contributed by atoms with van der Waals surface area (Å²) in [6.45, 7) is 4.87. The minimum absolute atomic E-state index is 0.298. The summed E-state index contributed by atoms with van der Waals surface area (Å²) in [6.07, 6.45) is 0. The lowest BCUT2D eigenvalue weighted by Crippen LogP contribution is -2.21. The lowest BCUT2D eigenvalue weighted by atomic mass is 10.2. The molecule has 0 atom stereocenters. The van der Waals surface area contributed by atoms with Gasteiger partial charge in [0.15, 0.2) is 0 Å². The van der Waals surface area contributed by atoms with E-state index in [2.05, 4.69) is 40.2 Å². The van der Waals surface area contributed by atoms with Gasteiger partial charge >= 0.3 is 6.01 Å². The zero-order chi connectivity index (χ0) is 14.5. The maximum atomic E-state index is 5.13. The predicted octanol–water partition coefficient (Wildman–Crippen LogP) is 2.39. The third-order valence-electron chi connectivity index (χ3n) is 2.97. The number of benzene rings is 1. The highest BCUT2D eigenvalue weighted by Gasteiger charge is 2.15. The molecule has 1 heterocycles. The lowest BCUT2D eigenvalue weighted by molar-refractivity contribution is 0.379. The topological polar surface area (TPSA) is 63.2 Å². The number of aryl methyl sites for hydroxylation is 1. The Kier molecular flexibility index (Phi) is 4.34. The maximum Gasteiger partial charge on any atom is 0.322 e. The van der Waals surface area contributed by atoms with Gasteiger partial charge in [-0.25, -0.2) is 0 Å². The maximum absolute atomic E-state index is 5.13. The van der Waals surface area contributed by atoms with E-state index in [-0.39, 0.29) is 0 Å². The fourth-order valence-electron chi connectivity index (χ4n) is 1.96. The molecule has 0 saturated heterocycles. The molecule has 0 fully saturated rings. The first-order valence-corrected chi connectivity index (χ1v) is 6.50. The molecular formula is C14H19N5O. The molecule has 1 N–H and O–H groups in total. The van der Waals surface area contributed by atoms with Crippen LogP contribution in [-0.2, 0) is 0 Å². The Hall–Kier alpha value is -2.37. The van der Waals surface area contributed by atoms with Crippen molar-refractivity contribution < 1.29 is 4.74 Å². The van der Waals surface area contributed by atoms with Gasteiger partial charge in [0.1, 0.15) is 0 Å². The summed E-state index contributed by atoms with van der Waals surface area (Å²) >= 11 is 0. The fraction of sp³-hybridized carbons (Fsp3) is 0.357.